The van der Waals surface area contributed by atoms with Crippen LogP contribution in [-0.4, -0.2) is 24.5 Å². The van der Waals surface area contributed by atoms with E-state index in [0.29, 0.717) is 15.9 Å². The van der Waals surface area contributed by atoms with Crippen molar-refractivity contribution in [1.82, 2.24) is 10.3 Å². The summed E-state index contributed by atoms with van der Waals surface area (Å²) in [6.07, 6.45) is 0. The zero-order chi connectivity index (χ0) is 13.8. The van der Waals surface area contributed by atoms with Gasteiger partial charge in [0.25, 0.3) is 0 Å². The second-order valence-corrected chi connectivity index (χ2v) is 5.42. The van der Waals surface area contributed by atoms with Crippen molar-refractivity contribution < 1.29 is 4.79 Å². The van der Waals surface area contributed by atoms with Crippen molar-refractivity contribution in [2.24, 2.45) is 0 Å². The molecule has 0 unspecified atom stereocenters. The molecule has 19 heavy (non-hydrogen) atoms. The van der Waals surface area contributed by atoms with E-state index in [1.165, 1.54) is 11.3 Å². The van der Waals surface area contributed by atoms with E-state index in [4.69, 9.17) is 23.2 Å². The highest BCUT2D eigenvalue weighted by atomic mass is 35.5. The van der Waals surface area contributed by atoms with Crippen LogP contribution in [0.5, 0.6) is 0 Å². The lowest BCUT2D eigenvalue weighted by Crippen LogP contribution is -2.25. The second-order valence-electron chi connectivity index (χ2n) is 3.75. The minimum absolute atomic E-state index is 0.131. The largest absolute Gasteiger partial charge is 0.311 e. The van der Waals surface area contributed by atoms with Gasteiger partial charge < -0.3 is 10.6 Å². The molecule has 1 amide bonds. The maximum Gasteiger partial charge on any atom is 0.239 e. The summed E-state index contributed by atoms with van der Waals surface area (Å²) >= 11 is 13.3. The van der Waals surface area contributed by atoms with Gasteiger partial charge in [0, 0.05) is 10.9 Å². The number of aromatic nitrogens is 1. The van der Waals surface area contributed by atoms with E-state index in [1.54, 1.807) is 24.6 Å². The second kappa shape index (κ2) is 6.34. The third kappa shape index (κ3) is 3.67. The molecule has 7 heteroatoms. The lowest BCUT2D eigenvalue weighted by atomic mass is 10.2. The van der Waals surface area contributed by atoms with Gasteiger partial charge in [0.2, 0.25) is 5.91 Å². The first-order chi connectivity index (χ1) is 9.10. The topological polar surface area (TPSA) is 54.0 Å². The molecule has 2 aromatic rings. The Morgan fingerprint density at radius 1 is 1.37 bits per heavy atom. The van der Waals surface area contributed by atoms with E-state index < -0.39 is 0 Å². The molecule has 1 aromatic carbocycles. The number of anilines is 1. The molecule has 0 spiro atoms. The van der Waals surface area contributed by atoms with Crippen LogP contribution >= 0.6 is 34.5 Å². The summed E-state index contributed by atoms with van der Waals surface area (Å²) in [7, 11) is 1.71. The molecular formula is C12H11Cl2N3OS. The average Bonchev–Trinajstić information content (AvgIpc) is 2.81. The molecule has 0 bridgehead atoms. The molecule has 2 N–H and O–H groups in total. The minimum atomic E-state index is -0.131. The highest BCUT2D eigenvalue weighted by molar-refractivity contribution is 7.13. The molecule has 2 rings (SSSR count). The third-order valence-corrected chi connectivity index (χ3v) is 3.91. The Labute approximate surface area is 124 Å². The molecule has 100 valence electrons. The molecule has 1 heterocycles. The van der Waals surface area contributed by atoms with Crippen LogP contribution < -0.4 is 10.6 Å². The van der Waals surface area contributed by atoms with Crippen LogP contribution in [0.2, 0.25) is 10.0 Å². The van der Waals surface area contributed by atoms with E-state index in [1.807, 2.05) is 6.07 Å². The van der Waals surface area contributed by atoms with E-state index in [9.17, 15) is 4.79 Å². The smallest absolute Gasteiger partial charge is 0.239 e. The van der Waals surface area contributed by atoms with Crippen molar-refractivity contribution >= 4 is 46.3 Å². The third-order valence-electron chi connectivity index (χ3n) is 2.28. The van der Waals surface area contributed by atoms with Crippen LogP contribution in [0.3, 0.4) is 0 Å². The summed E-state index contributed by atoms with van der Waals surface area (Å²) in [5.41, 5.74) is 0.869. The van der Waals surface area contributed by atoms with Crippen LogP contribution in [-0.2, 0) is 4.79 Å². The number of carbonyl (C=O) groups excluding carboxylic acids is 1. The predicted molar refractivity (Wildman–Crippen MR) is 80.1 cm³/mol. The minimum Gasteiger partial charge on any atom is -0.311 e. The van der Waals surface area contributed by atoms with Gasteiger partial charge in [-0.05, 0) is 19.2 Å². The van der Waals surface area contributed by atoms with E-state index in [-0.39, 0.29) is 12.5 Å². The number of amides is 1. The van der Waals surface area contributed by atoms with Gasteiger partial charge in [-0.15, -0.1) is 11.3 Å². The molecule has 4 nitrogen and oxygen atoms in total. The summed E-state index contributed by atoms with van der Waals surface area (Å²) in [6, 6.07) is 5.31. The van der Waals surface area contributed by atoms with Gasteiger partial charge in [-0.2, -0.15) is 0 Å². The summed E-state index contributed by atoms with van der Waals surface area (Å²) in [5, 5.41) is 9.01. The molecule has 0 radical (unpaired) electrons. The van der Waals surface area contributed by atoms with Gasteiger partial charge in [0.1, 0.15) is 10.8 Å². The molecule has 0 aliphatic carbocycles. The fourth-order valence-corrected chi connectivity index (χ4v) is 2.49. The zero-order valence-corrected chi connectivity index (χ0v) is 12.4. The fourth-order valence-electron chi connectivity index (χ4n) is 1.44. The predicted octanol–water partition coefficient (Wildman–Crippen LogP) is 3.27. The molecule has 0 saturated heterocycles. The van der Waals surface area contributed by atoms with Crippen molar-refractivity contribution in [3.63, 3.8) is 0 Å². The highest BCUT2D eigenvalue weighted by Crippen LogP contribution is 2.31. The number of thiazole rings is 1. The van der Waals surface area contributed by atoms with Crippen molar-refractivity contribution in [1.29, 1.82) is 0 Å². The van der Waals surface area contributed by atoms with Crippen molar-refractivity contribution in [3.05, 3.63) is 33.6 Å². The first-order valence-electron chi connectivity index (χ1n) is 5.45. The van der Waals surface area contributed by atoms with Crippen molar-refractivity contribution in [2.45, 2.75) is 0 Å². The number of benzene rings is 1. The van der Waals surface area contributed by atoms with Gasteiger partial charge >= 0.3 is 0 Å². The zero-order valence-electron chi connectivity index (χ0n) is 10.0. The first kappa shape index (κ1) is 14.3. The monoisotopic (exact) mass is 315 g/mol. The Morgan fingerprint density at radius 2 is 2.16 bits per heavy atom. The number of likely N-dealkylation sites (N-methyl/N-ethyl adjacent to an activating group) is 1. The van der Waals surface area contributed by atoms with E-state index >= 15 is 0 Å². The maximum absolute atomic E-state index is 11.4. The van der Waals surface area contributed by atoms with Crippen LogP contribution in [0.25, 0.3) is 10.6 Å². The number of nitrogens with zero attached hydrogens (tertiary/aromatic N) is 1. The van der Waals surface area contributed by atoms with Gasteiger partial charge in [-0.3, -0.25) is 4.79 Å². The van der Waals surface area contributed by atoms with Gasteiger partial charge in [-0.25, -0.2) is 4.98 Å². The normalized spacial score (nSPS) is 10.5. The lowest BCUT2D eigenvalue weighted by Gasteiger charge is -2.01. The Hall–Kier alpha value is -1.14. The lowest BCUT2D eigenvalue weighted by molar-refractivity contribution is -0.115. The van der Waals surface area contributed by atoms with Crippen LogP contribution in [0.4, 0.5) is 5.82 Å². The quantitative estimate of drug-likeness (QED) is 0.910. The molecule has 0 fully saturated rings. The van der Waals surface area contributed by atoms with Crippen LogP contribution in [0.1, 0.15) is 0 Å². The number of hydrogen-bond donors (Lipinski definition) is 2. The Kier molecular flexibility index (Phi) is 4.76. The summed E-state index contributed by atoms with van der Waals surface area (Å²) in [5.74, 6) is 0.403. The summed E-state index contributed by atoms with van der Waals surface area (Å²) in [6.45, 7) is 0.250. The highest BCUT2D eigenvalue weighted by Gasteiger charge is 2.08. The molecule has 1 aromatic heterocycles. The van der Waals surface area contributed by atoms with Crippen LogP contribution in [0.15, 0.2) is 23.6 Å². The van der Waals surface area contributed by atoms with Crippen molar-refractivity contribution in [3.8, 4) is 10.6 Å². The Morgan fingerprint density at radius 3 is 2.84 bits per heavy atom. The number of nitrogens with one attached hydrogen (secondary N) is 2. The SMILES string of the molecule is CNCC(=O)Nc1csc(-c2ccc(Cl)c(Cl)c2)n1. The van der Waals surface area contributed by atoms with Gasteiger partial charge in [0.15, 0.2) is 0 Å². The number of halogens is 2. The fraction of sp³-hybridized carbons (Fsp3) is 0.167. The number of hydrogen-bond acceptors (Lipinski definition) is 4. The van der Waals surface area contributed by atoms with E-state index in [2.05, 4.69) is 15.6 Å². The molecule has 0 aliphatic rings. The van der Waals surface area contributed by atoms with Gasteiger partial charge in [-0.1, -0.05) is 29.3 Å². The maximum atomic E-state index is 11.4. The Balaban J connectivity index is 2.16. The summed E-state index contributed by atoms with van der Waals surface area (Å²) in [4.78, 5) is 15.7. The number of rotatable bonds is 4. The standard InChI is InChI=1S/C12H11Cl2N3OS/c1-15-5-11(18)16-10-6-19-12(17-10)7-2-3-8(13)9(14)4-7/h2-4,6,15H,5H2,1H3,(H,16,18). The first-order valence-corrected chi connectivity index (χ1v) is 7.09. The van der Waals surface area contributed by atoms with E-state index in [0.717, 1.165) is 10.6 Å². The Bertz CT molecular complexity index is 600. The molecule has 0 aliphatic heterocycles. The van der Waals surface area contributed by atoms with Crippen molar-refractivity contribution in [2.75, 3.05) is 18.9 Å². The molecule has 0 atom stereocenters. The van der Waals surface area contributed by atoms with Gasteiger partial charge in [0.05, 0.1) is 16.6 Å². The summed E-state index contributed by atoms with van der Waals surface area (Å²) < 4.78 is 0. The van der Waals surface area contributed by atoms with Crippen LogP contribution in [0, 0.1) is 0 Å². The molecular weight excluding hydrogens is 305 g/mol. The molecule has 0 saturated carbocycles. The average molecular weight is 316 g/mol. The number of carbonyl (C=O) groups is 1.